The lowest BCUT2D eigenvalue weighted by Gasteiger charge is -2.16. The summed E-state index contributed by atoms with van der Waals surface area (Å²) in [6.45, 7) is 3.69. The third-order valence-corrected chi connectivity index (χ3v) is 3.91. The van der Waals surface area contributed by atoms with Crippen LogP contribution in [0.1, 0.15) is 18.3 Å². The molecule has 1 aromatic carbocycles. The topological polar surface area (TPSA) is 56.1 Å². The number of ether oxygens (including phenoxy) is 1. The van der Waals surface area contributed by atoms with Gasteiger partial charge in [-0.1, -0.05) is 0 Å². The number of nitrogens with zero attached hydrogens (tertiary/aromatic N) is 2. The molecule has 1 N–H and O–H groups in total. The number of hydrogen-bond acceptors (Lipinski definition) is 4. The maximum Gasteiger partial charge on any atom is 0.254 e. The first-order chi connectivity index (χ1) is 10.2. The quantitative estimate of drug-likeness (QED) is 0.933. The van der Waals surface area contributed by atoms with Gasteiger partial charge in [-0.05, 0) is 44.2 Å². The third kappa shape index (κ3) is 2.69. The standard InChI is InChI=1S/C16H19N3O2/c1-11-18-15(12-3-5-14(21-2)6-4-12)9-16(20)19(11)13-7-8-17-10-13/h3-6,9,13,17H,7-8,10H2,1-2H3. The summed E-state index contributed by atoms with van der Waals surface area (Å²) in [5.41, 5.74) is 1.65. The van der Waals surface area contributed by atoms with E-state index in [9.17, 15) is 4.79 Å². The number of hydrogen-bond donors (Lipinski definition) is 1. The number of rotatable bonds is 3. The monoisotopic (exact) mass is 285 g/mol. The molecule has 0 bridgehead atoms. The summed E-state index contributed by atoms with van der Waals surface area (Å²) in [6, 6.07) is 9.42. The van der Waals surface area contributed by atoms with Gasteiger partial charge in [-0.3, -0.25) is 9.36 Å². The molecule has 0 spiro atoms. The SMILES string of the molecule is COc1ccc(-c2cc(=O)n(C3CCNC3)c(C)n2)cc1. The summed E-state index contributed by atoms with van der Waals surface area (Å²) in [4.78, 5) is 17.0. The lowest BCUT2D eigenvalue weighted by molar-refractivity contribution is 0.415. The average molecular weight is 285 g/mol. The van der Waals surface area contributed by atoms with Crippen LogP contribution in [0.5, 0.6) is 5.75 Å². The largest absolute Gasteiger partial charge is 0.497 e. The lowest BCUT2D eigenvalue weighted by atomic mass is 10.1. The highest BCUT2D eigenvalue weighted by Gasteiger charge is 2.20. The minimum Gasteiger partial charge on any atom is -0.497 e. The fourth-order valence-electron chi connectivity index (χ4n) is 2.82. The van der Waals surface area contributed by atoms with Gasteiger partial charge in [0.05, 0.1) is 18.8 Å². The van der Waals surface area contributed by atoms with E-state index in [0.29, 0.717) is 5.69 Å². The van der Waals surface area contributed by atoms with Crippen LogP contribution in [0.3, 0.4) is 0 Å². The molecular formula is C16H19N3O2. The molecule has 0 amide bonds. The predicted molar refractivity (Wildman–Crippen MR) is 81.7 cm³/mol. The second-order valence-electron chi connectivity index (χ2n) is 5.27. The summed E-state index contributed by atoms with van der Waals surface area (Å²) in [5, 5.41) is 3.28. The van der Waals surface area contributed by atoms with E-state index < -0.39 is 0 Å². The van der Waals surface area contributed by atoms with Crippen molar-refractivity contribution < 1.29 is 4.74 Å². The summed E-state index contributed by atoms with van der Waals surface area (Å²) >= 11 is 0. The number of methoxy groups -OCH3 is 1. The summed E-state index contributed by atoms with van der Waals surface area (Å²) in [7, 11) is 1.63. The van der Waals surface area contributed by atoms with E-state index >= 15 is 0 Å². The Labute approximate surface area is 123 Å². The molecule has 1 atom stereocenters. The highest BCUT2D eigenvalue weighted by atomic mass is 16.5. The summed E-state index contributed by atoms with van der Waals surface area (Å²) in [5.74, 6) is 1.56. The number of benzene rings is 1. The molecule has 21 heavy (non-hydrogen) atoms. The van der Waals surface area contributed by atoms with Crippen molar-refractivity contribution >= 4 is 0 Å². The van der Waals surface area contributed by atoms with Crippen molar-refractivity contribution in [2.45, 2.75) is 19.4 Å². The molecule has 2 heterocycles. The van der Waals surface area contributed by atoms with Gasteiger partial charge >= 0.3 is 0 Å². The Morgan fingerprint density at radius 2 is 2.10 bits per heavy atom. The molecule has 3 rings (SSSR count). The van der Waals surface area contributed by atoms with Gasteiger partial charge in [0.1, 0.15) is 11.6 Å². The molecule has 0 radical (unpaired) electrons. The Morgan fingerprint density at radius 3 is 2.67 bits per heavy atom. The van der Waals surface area contributed by atoms with E-state index in [1.54, 1.807) is 17.7 Å². The molecule has 5 heteroatoms. The van der Waals surface area contributed by atoms with E-state index in [1.807, 2.05) is 31.2 Å². The molecule has 5 nitrogen and oxygen atoms in total. The van der Waals surface area contributed by atoms with Crippen LogP contribution in [0.15, 0.2) is 35.1 Å². The third-order valence-electron chi connectivity index (χ3n) is 3.91. The van der Waals surface area contributed by atoms with Crippen molar-refractivity contribution in [2.75, 3.05) is 20.2 Å². The van der Waals surface area contributed by atoms with E-state index in [1.165, 1.54) is 0 Å². The summed E-state index contributed by atoms with van der Waals surface area (Å²) in [6.07, 6.45) is 0.976. The van der Waals surface area contributed by atoms with Gasteiger partial charge < -0.3 is 10.1 Å². The van der Waals surface area contributed by atoms with Crippen molar-refractivity contribution in [1.82, 2.24) is 14.9 Å². The Balaban J connectivity index is 1.99. The van der Waals surface area contributed by atoms with Crippen LogP contribution in [-0.4, -0.2) is 29.8 Å². The van der Waals surface area contributed by atoms with Crippen molar-refractivity contribution in [1.29, 1.82) is 0 Å². The molecule has 1 unspecified atom stereocenters. The minimum atomic E-state index is 0.0158. The molecule has 1 aromatic heterocycles. The highest BCUT2D eigenvalue weighted by Crippen LogP contribution is 2.21. The van der Waals surface area contributed by atoms with E-state index in [-0.39, 0.29) is 11.6 Å². The zero-order valence-electron chi connectivity index (χ0n) is 12.3. The van der Waals surface area contributed by atoms with E-state index in [2.05, 4.69) is 10.3 Å². The summed E-state index contributed by atoms with van der Waals surface area (Å²) < 4.78 is 6.94. The molecule has 0 saturated carbocycles. The smallest absolute Gasteiger partial charge is 0.254 e. The van der Waals surface area contributed by atoms with Gasteiger partial charge in [0.25, 0.3) is 5.56 Å². The minimum absolute atomic E-state index is 0.0158. The van der Waals surface area contributed by atoms with Crippen LogP contribution < -0.4 is 15.6 Å². The zero-order chi connectivity index (χ0) is 14.8. The fraction of sp³-hybridized carbons (Fsp3) is 0.375. The second-order valence-corrected chi connectivity index (χ2v) is 5.27. The predicted octanol–water partition coefficient (Wildman–Crippen LogP) is 1.76. The Hall–Kier alpha value is -2.14. The molecule has 2 aromatic rings. The van der Waals surface area contributed by atoms with Gasteiger partial charge in [0, 0.05) is 18.2 Å². The average Bonchev–Trinajstić information content (AvgIpc) is 3.00. The van der Waals surface area contributed by atoms with Gasteiger partial charge in [-0.15, -0.1) is 0 Å². The van der Waals surface area contributed by atoms with Crippen molar-refractivity contribution in [2.24, 2.45) is 0 Å². The normalized spacial score (nSPS) is 17.9. The maximum absolute atomic E-state index is 12.4. The molecule has 110 valence electrons. The van der Waals surface area contributed by atoms with Gasteiger partial charge in [0.2, 0.25) is 0 Å². The Bertz CT molecular complexity index is 686. The van der Waals surface area contributed by atoms with Crippen molar-refractivity contribution in [3.8, 4) is 17.0 Å². The van der Waals surface area contributed by atoms with Crippen LogP contribution in [0.2, 0.25) is 0 Å². The molecule has 0 aliphatic carbocycles. The molecule has 1 saturated heterocycles. The van der Waals surface area contributed by atoms with Crippen LogP contribution in [0.4, 0.5) is 0 Å². The lowest BCUT2D eigenvalue weighted by Crippen LogP contribution is -2.28. The van der Waals surface area contributed by atoms with Crippen LogP contribution in [-0.2, 0) is 0 Å². The number of aryl methyl sites for hydroxylation is 1. The molecular weight excluding hydrogens is 266 g/mol. The van der Waals surface area contributed by atoms with Crippen molar-refractivity contribution in [3.63, 3.8) is 0 Å². The maximum atomic E-state index is 12.4. The van der Waals surface area contributed by atoms with E-state index in [0.717, 1.165) is 36.6 Å². The van der Waals surface area contributed by atoms with Crippen LogP contribution >= 0.6 is 0 Å². The van der Waals surface area contributed by atoms with Crippen LogP contribution in [0.25, 0.3) is 11.3 Å². The fourth-order valence-corrected chi connectivity index (χ4v) is 2.82. The first-order valence-electron chi connectivity index (χ1n) is 7.14. The number of aromatic nitrogens is 2. The van der Waals surface area contributed by atoms with Crippen LogP contribution in [0, 0.1) is 6.92 Å². The van der Waals surface area contributed by atoms with E-state index in [4.69, 9.17) is 4.74 Å². The highest BCUT2D eigenvalue weighted by molar-refractivity contribution is 5.59. The number of nitrogens with one attached hydrogen (secondary N) is 1. The Morgan fingerprint density at radius 1 is 1.33 bits per heavy atom. The van der Waals surface area contributed by atoms with Crippen molar-refractivity contribution in [3.05, 3.63) is 46.5 Å². The van der Waals surface area contributed by atoms with Gasteiger partial charge in [-0.2, -0.15) is 0 Å². The van der Waals surface area contributed by atoms with Gasteiger partial charge in [-0.25, -0.2) is 4.98 Å². The van der Waals surface area contributed by atoms with Gasteiger partial charge in [0.15, 0.2) is 0 Å². The Kier molecular flexibility index (Phi) is 3.75. The molecule has 1 aliphatic heterocycles. The molecule has 1 aliphatic rings. The first-order valence-corrected chi connectivity index (χ1v) is 7.14. The first kappa shape index (κ1) is 13.8. The second kappa shape index (κ2) is 5.69. The molecule has 1 fully saturated rings. The zero-order valence-corrected chi connectivity index (χ0v) is 12.3.